The zero-order valence-corrected chi connectivity index (χ0v) is 24.6. The number of rotatable bonds is 5. The molecule has 5 atom stereocenters. The predicted octanol–water partition coefficient (Wildman–Crippen LogP) is 4.48. The Morgan fingerprint density at radius 3 is 2.60 bits per heavy atom. The van der Waals surface area contributed by atoms with Crippen molar-refractivity contribution in [3.05, 3.63) is 89.0 Å². The maximum Gasteiger partial charge on any atom is 0.308 e. The largest absolute Gasteiger partial charge is 0.508 e. The van der Waals surface area contributed by atoms with Gasteiger partial charge in [-0.25, -0.2) is 0 Å². The van der Waals surface area contributed by atoms with Gasteiger partial charge in [0.2, 0.25) is 0 Å². The fraction of sp³-hybridized carbons (Fsp3) is 0.389. The van der Waals surface area contributed by atoms with Gasteiger partial charge >= 0.3 is 5.97 Å². The van der Waals surface area contributed by atoms with Crippen LogP contribution >= 0.6 is 0 Å². The Bertz CT molecular complexity index is 1630. The Balaban J connectivity index is 1.25. The molecular formula is C36H36N2O5. The van der Waals surface area contributed by atoms with Crippen LogP contribution in [0.5, 0.6) is 17.2 Å². The molecule has 1 amide bonds. The lowest BCUT2D eigenvalue weighted by molar-refractivity contribution is -0.134. The molecule has 220 valence electrons. The number of piperidine rings is 1. The molecule has 0 radical (unpaired) electrons. The quantitative estimate of drug-likeness (QED) is 0.274. The number of hydrogen-bond acceptors (Lipinski definition) is 6. The highest BCUT2D eigenvalue weighted by molar-refractivity contribution is 5.94. The van der Waals surface area contributed by atoms with Crippen LogP contribution in [0.1, 0.15) is 48.4 Å². The number of carbonyl (C=O) groups excluding carboxylic acids is 2. The summed E-state index contributed by atoms with van der Waals surface area (Å²) < 4.78 is 12.4. The number of benzene rings is 3. The average Bonchev–Trinajstić information content (AvgIpc) is 3.36. The summed E-state index contributed by atoms with van der Waals surface area (Å²) >= 11 is 0. The molecule has 0 aromatic heterocycles. The molecule has 2 aliphatic heterocycles. The smallest absolute Gasteiger partial charge is 0.308 e. The minimum Gasteiger partial charge on any atom is -0.508 e. The fourth-order valence-corrected chi connectivity index (χ4v) is 8.36. The van der Waals surface area contributed by atoms with Crippen molar-refractivity contribution in [2.24, 2.45) is 5.92 Å². The van der Waals surface area contributed by atoms with Gasteiger partial charge in [0.1, 0.15) is 11.9 Å². The Morgan fingerprint density at radius 2 is 1.86 bits per heavy atom. The monoisotopic (exact) mass is 576 g/mol. The molecule has 1 saturated carbocycles. The third-order valence-corrected chi connectivity index (χ3v) is 10.2. The van der Waals surface area contributed by atoms with E-state index in [-0.39, 0.29) is 41.5 Å². The Labute approximate surface area is 252 Å². The van der Waals surface area contributed by atoms with E-state index in [2.05, 4.69) is 41.0 Å². The fourth-order valence-electron chi connectivity index (χ4n) is 8.36. The van der Waals surface area contributed by atoms with Gasteiger partial charge in [0.05, 0.1) is 6.04 Å². The number of carbonyl (C=O) groups is 2. The number of phenolic OH excluding ortho intramolecular Hbond substituents is 1. The van der Waals surface area contributed by atoms with E-state index in [1.165, 1.54) is 18.6 Å². The first kappa shape index (κ1) is 27.5. The van der Waals surface area contributed by atoms with Crippen molar-refractivity contribution < 1.29 is 24.2 Å². The molecule has 1 saturated heterocycles. The van der Waals surface area contributed by atoms with Gasteiger partial charge in [0.15, 0.2) is 11.5 Å². The summed E-state index contributed by atoms with van der Waals surface area (Å²) in [4.78, 5) is 29.8. The first-order chi connectivity index (χ1) is 20.9. The van der Waals surface area contributed by atoms with E-state index < -0.39 is 11.4 Å². The highest BCUT2D eigenvalue weighted by atomic mass is 16.6. The SMILES string of the molecule is CC(=O)Oc1cc(O)c2c3c1O[C@H]1[C@H](N(C)C(=O)C#Cc4ccccc4)CC[C@H]4[C@@H](C2)N(CCc2ccccc2)CC[C@@]341. The van der Waals surface area contributed by atoms with Crippen molar-refractivity contribution in [2.75, 3.05) is 20.1 Å². The molecule has 4 aliphatic rings. The van der Waals surface area contributed by atoms with Crippen LogP contribution in [0.2, 0.25) is 0 Å². The molecule has 3 aromatic rings. The van der Waals surface area contributed by atoms with Crippen LogP contribution in [0.3, 0.4) is 0 Å². The summed E-state index contributed by atoms with van der Waals surface area (Å²) in [7, 11) is 1.82. The lowest BCUT2D eigenvalue weighted by Crippen LogP contribution is -2.69. The molecule has 0 unspecified atom stereocenters. The Kier molecular flexibility index (Phi) is 6.90. The molecule has 7 heteroatoms. The number of phenols is 1. The second kappa shape index (κ2) is 10.8. The van der Waals surface area contributed by atoms with Gasteiger partial charge in [0.25, 0.3) is 5.91 Å². The normalized spacial score (nSPS) is 26.4. The van der Waals surface area contributed by atoms with E-state index in [1.54, 1.807) is 4.90 Å². The number of hydrogen-bond donors (Lipinski definition) is 1. The van der Waals surface area contributed by atoms with E-state index in [4.69, 9.17) is 9.47 Å². The Hall–Kier alpha value is -4.28. The van der Waals surface area contributed by atoms with Crippen molar-refractivity contribution in [3.63, 3.8) is 0 Å². The van der Waals surface area contributed by atoms with Crippen molar-refractivity contribution in [1.82, 2.24) is 9.80 Å². The molecule has 7 rings (SSSR count). The van der Waals surface area contributed by atoms with Crippen LogP contribution in [-0.4, -0.2) is 65.1 Å². The maximum absolute atomic E-state index is 13.4. The Morgan fingerprint density at radius 1 is 1.12 bits per heavy atom. The third-order valence-electron chi connectivity index (χ3n) is 10.2. The van der Waals surface area contributed by atoms with E-state index in [0.29, 0.717) is 12.2 Å². The van der Waals surface area contributed by atoms with Crippen LogP contribution in [0, 0.1) is 17.8 Å². The highest BCUT2D eigenvalue weighted by Gasteiger charge is 2.67. The molecule has 1 spiro atoms. The van der Waals surface area contributed by atoms with Gasteiger partial charge in [-0.15, -0.1) is 0 Å². The summed E-state index contributed by atoms with van der Waals surface area (Å²) in [6.45, 7) is 3.19. The molecule has 2 heterocycles. The topological polar surface area (TPSA) is 79.3 Å². The number of nitrogens with zero attached hydrogens (tertiary/aromatic N) is 2. The summed E-state index contributed by atoms with van der Waals surface area (Å²) in [5.74, 6) is 6.37. The second-order valence-electron chi connectivity index (χ2n) is 12.3. The zero-order valence-electron chi connectivity index (χ0n) is 24.6. The molecule has 2 bridgehead atoms. The summed E-state index contributed by atoms with van der Waals surface area (Å²) in [5.41, 5.74) is 3.59. The maximum atomic E-state index is 13.4. The van der Waals surface area contributed by atoms with E-state index in [9.17, 15) is 14.7 Å². The molecule has 3 aromatic carbocycles. The minimum absolute atomic E-state index is 0.146. The van der Waals surface area contributed by atoms with Gasteiger partial charge < -0.3 is 19.5 Å². The van der Waals surface area contributed by atoms with Crippen molar-refractivity contribution in [3.8, 4) is 29.1 Å². The number of amides is 1. The van der Waals surface area contributed by atoms with Gasteiger partial charge in [-0.05, 0) is 62.3 Å². The number of likely N-dealkylation sites (N-methyl/N-ethyl adjacent to an activating group) is 1. The summed E-state index contributed by atoms with van der Waals surface area (Å²) in [5, 5.41) is 11.3. The standard InChI is InChI=1S/C36H36N2O5/c1-23(39)42-31-22-30(40)26-21-29-27-14-15-28(37(2)32(41)16-13-24-9-5-3-6-10-24)35-36(27,33(26)34(31)43-35)18-20-38(29)19-17-25-11-7-4-8-12-25/h3-12,22,27-29,35,40H,14-15,17-21H2,1-2H3/t27-,28+,29+,35-,36-/m0/s1. The highest BCUT2D eigenvalue weighted by Crippen LogP contribution is 2.65. The lowest BCUT2D eigenvalue weighted by Gasteiger charge is -2.60. The van der Waals surface area contributed by atoms with Crippen LogP contribution < -0.4 is 9.47 Å². The molecule has 2 fully saturated rings. The summed E-state index contributed by atoms with van der Waals surface area (Å²) in [6.07, 6.45) is 3.90. The van der Waals surface area contributed by atoms with Gasteiger partial charge in [-0.3, -0.25) is 14.5 Å². The average molecular weight is 577 g/mol. The van der Waals surface area contributed by atoms with E-state index in [0.717, 1.165) is 55.5 Å². The number of likely N-dealkylation sites (tertiary alicyclic amines) is 1. The zero-order chi connectivity index (χ0) is 29.7. The third kappa shape index (κ3) is 4.56. The summed E-state index contributed by atoms with van der Waals surface area (Å²) in [6, 6.07) is 21.6. The van der Waals surface area contributed by atoms with Gasteiger partial charge in [-0.2, -0.15) is 0 Å². The van der Waals surface area contributed by atoms with E-state index >= 15 is 0 Å². The molecule has 7 nitrogen and oxygen atoms in total. The molecule has 1 N–H and O–H groups in total. The molecule has 2 aliphatic carbocycles. The van der Waals surface area contributed by atoms with Crippen LogP contribution in [0.15, 0.2) is 66.7 Å². The second-order valence-corrected chi connectivity index (χ2v) is 12.3. The van der Waals surface area contributed by atoms with Crippen LogP contribution in [0.4, 0.5) is 0 Å². The van der Waals surface area contributed by atoms with Gasteiger partial charge in [-0.1, -0.05) is 54.5 Å². The first-order valence-corrected chi connectivity index (χ1v) is 15.2. The van der Waals surface area contributed by atoms with Crippen LogP contribution in [-0.2, 0) is 27.8 Å². The van der Waals surface area contributed by atoms with Gasteiger partial charge in [0, 0.05) is 60.7 Å². The van der Waals surface area contributed by atoms with Crippen molar-refractivity contribution in [1.29, 1.82) is 0 Å². The molecular weight excluding hydrogens is 540 g/mol. The van der Waals surface area contributed by atoms with Crippen molar-refractivity contribution >= 4 is 11.9 Å². The number of aromatic hydroxyl groups is 1. The van der Waals surface area contributed by atoms with Crippen molar-refractivity contribution in [2.45, 2.75) is 62.6 Å². The first-order valence-electron chi connectivity index (χ1n) is 15.2. The minimum atomic E-state index is -0.465. The van der Waals surface area contributed by atoms with E-state index in [1.807, 2.05) is 43.4 Å². The van der Waals surface area contributed by atoms with Crippen LogP contribution in [0.25, 0.3) is 0 Å². The number of ether oxygens (including phenoxy) is 2. The lowest BCUT2D eigenvalue weighted by atomic mass is 9.50. The molecule has 43 heavy (non-hydrogen) atoms. The number of esters is 1. The predicted molar refractivity (Wildman–Crippen MR) is 162 cm³/mol.